The van der Waals surface area contributed by atoms with E-state index in [-0.39, 0.29) is 48.3 Å². The smallest absolute Gasteiger partial charge is 0.331 e. The highest BCUT2D eigenvalue weighted by Crippen LogP contribution is 2.43. The third-order valence-electron chi connectivity index (χ3n) is 12.9. The van der Waals surface area contributed by atoms with E-state index in [0.717, 1.165) is 5.57 Å². The fourth-order valence-electron chi connectivity index (χ4n) is 8.95. The summed E-state index contributed by atoms with van der Waals surface area (Å²) in [6, 6.07) is 0. The predicted octanol–water partition coefficient (Wildman–Crippen LogP) is 5.94. The summed E-state index contributed by atoms with van der Waals surface area (Å²) in [4.78, 5) is 51.7. The number of aliphatic hydroxyl groups excluding tert-OH is 1. The van der Waals surface area contributed by atoms with Gasteiger partial charge in [-0.3, -0.25) is 14.4 Å². The minimum atomic E-state index is -0.947. The average molecular weight is 862 g/mol. The van der Waals surface area contributed by atoms with E-state index < -0.39 is 65.9 Å². The topological polar surface area (TPSA) is 169 Å². The first-order chi connectivity index (χ1) is 28.9. The van der Waals surface area contributed by atoms with Gasteiger partial charge in [0.05, 0.1) is 49.3 Å². The lowest BCUT2D eigenvalue weighted by atomic mass is 9.78. The molecule has 1 spiro atoms. The van der Waals surface area contributed by atoms with Gasteiger partial charge in [-0.1, -0.05) is 70.6 Å². The Hall–Kier alpha value is -3.24. The zero-order valence-corrected chi connectivity index (χ0v) is 38.7. The number of fused-ring (bicyclic) bond motifs is 2. The molecule has 346 valence electrons. The Morgan fingerprint density at radius 3 is 2.28 bits per heavy atom. The summed E-state index contributed by atoms with van der Waals surface area (Å²) in [5.74, 6) is -2.88. The van der Waals surface area contributed by atoms with Crippen molar-refractivity contribution in [2.24, 2.45) is 29.6 Å². The maximum atomic E-state index is 13.6. The maximum Gasteiger partial charge on any atom is 0.331 e. The summed E-state index contributed by atoms with van der Waals surface area (Å²) in [6.07, 6.45) is 11.9. The van der Waals surface area contributed by atoms with Crippen LogP contribution >= 0.6 is 0 Å². The van der Waals surface area contributed by atoms with E-state index in [2.05, 4.69) is 6.08 Å². The Morgan fingerprint density at radius 2 is 1.69 bits per heavy atom. The van der Waals surface area contributed by atoms with Gasteiger partial charge in [0.1, 0.15) is 23.6 Å². The molecule has 61 heavy (non-hydrogen) atoms. The van der Waals surface area contributed by atoms with Crippen LogP contribution in [0.15, 0.2) is 48.2 Å². The van der Waals surface area contributed by atoms with Crippen LogP contribution in [0.1, 0.15) is 93.4 Å². The summed E-state index contributed by atoms with van der Waals surface area (Å²) < 4.78 is 48.8. The lowest BCUT2D eigenvalue weighted by Gasteiger charge is -2.39. The molecule has 0 aliphatic carbocycles. The van der Waals surface area contributed by atoms with Gasteiger partial charge in [0.25, 0.3) is 0 Å². The number of aliphatic hydroxyl groups is 1. The Balaban J connectivity index is 1.91. The monoisotopic (exact) mass is 862 g/mol. The van der Waals surface area contributed by atoms with Crippen LogP contribution in [0.5, 0.6) is 0 Å². The first kappa shape index (κ1) is 52.1. The van der Waals surface area contributed by atoms with E-state index >= 15 is 0 Å². The zero-order chi connectivity index (χ0) is 45.4. The minimum absolute atomic E-state index is 0.000379. The molecule has 2 bridgehead atoms. The molecule has 1 fully saturated rings. The number of allylic oxidation sites excluding steroid dienone is 2. The number of Topliss-reactive ketones (excluding diaryl/α,β-unsaturated/α-hetero) is 1. The van der Waals surface area contributed by atoms with Crippen molar-refractivity contribution in [3.63, 3.8) is 0 Å². The molecule has 14 heteroatoms. The van der Waals surface area contributed by atoms with Crippen LogP contribution in [0.2, 0.25) is 0 Å². The number of methoxy groups -OCH3 is 4. The van der Waals surface area contributed by atoms with E-state index in [1.165, 1.54) is 17.9 Å². The van der Waals surface area contributed by atoms with E-state index in [4.69, 9.17) is 37.9 Å². The molecular formula is C47H75NO13. The van der Waals surface area contributed by atoms with Gasteiger partial charge in [-0.2, -0.15) is 0 Å². The van der Waals surface area contributed by atoms with Crippen molar-refractivity contribution < 1.29 is 62.2 Å². The highest BCUT2D eigenvalue weighted by molar-refractivity contribution is 5.82. The fraction of sp³-hybridized carbons (Fsp3) is 0.745. The van der Waals surface area contributed by atoms with Crippen molar-refractivity contribution in [1.29, 1.82) is 0 Å². The molecule has 1 saturated heterocycles. The van der Waals surface area contributed by atoms with Gasteiger partial charge < -0.3 is 47.9 Å². The number of rotatable bonds is 17. The summed E-state index contributed by atoms with van der Waals surface area (Å²) in [5, 5.41) is 11.9. The number of ether oxygens (including phenoxy) is 8. The van der Waals surface area contributed by atoms with Crippen LogP contribution in [-0.2, 0) is 57.1 Å². The van der Waals surface area contributed by atoms with Gasteiger partial charge >= 0.3 is 11.9 Å². The van der Waals surface area contributed by atoms with Crippen LogP contribution in [0.25, 0.3) is 0 Å². The quantitative estimate of drug-likeness (QED) is 0.0790. The second-order valence-corrected chi connectivity index (χ2v) is 17.4. The molecule has 3 aliphatic heterocycles. The number of hydrogen-bond donors (Lipinski definition) is 1. The summed E-state index contributed by atoms with van der Waals surface area (Å²) >= 11 is 0. The van der Waals surface area contributed by atoms with E-state index in [1.807, 2.05) is 59.8 Å². The van der Waals surface area contributed by atoms with Gasteiger partial charge in [-0.15, -0.1) is 0 Å². The van der Waals surface area contributed by atoms with Crippen molar-refractivity contribution in [2.75, 3.05) is 42.1 Å². The SMILES string of the molecule is CO[C@H]([C@H](C)/C=C/N(C)C=O)[C@@H](C)C(=O)CC[C@H](C)[C@H](O)[C@H](C)[C@H]1OC(=O)/C=C/C(C)=CC[C@H](OC(C)=O)C[C@@H]2C=CC[C@@H](C[C@H](OC)[C@@]3(CO3)[C@@H](OC)C[C@@H](OC)[C@@H]1C)O2. The third-order valence-corrected chi connectivity index (χ3v) is 12.9. The Kier molecular flexibility index (Phi) is 21.5. The van der Waals surface area contributed by atoms with Crippen molar-refractivity contribution >= 4 is 24.1 Å². The summed E-state index contributed by atoms with van der Waals surface area (Å²) in [6.45, 7) is 13.1. The first-order valence-corrected chi connectivity index (χ1v) is 21.8. The Bertz CT molecular complexity index is 1520. The predicted molar refractivity (Wildman–Crippen MR) is 230 cm³/mol. The number of esters is 2. The van der Waals surface area contributed by atoms with Crippen molar-refractivity contribution in [2.45, 2.75) is 154 Å². The Labute approximate surface area is 364 Å². The van der Waals surface area contributed by atoms with Crippen LogP contribution in [0, 0.1) is 29.6 Å². The molecule has 1 N–H and O–H groups in total. The minimum Gasteiger partial charge on any atom is -0.462 e. The molecule has 14 nitrogen and oxygen atoms in total. The average Bonchev–Trinajstić information content (AvgIpc) is 4.05. The number of carbonyl (C=O) groups is 4. The molecule has 0 unspecified atom stereocenters. The van der Waals surface area contributed by atoms with Crippen LogP contribution in [-0.4, -0.2) is 137 Å². The molecule has 0 aromatic rings. The molecule has 3 rings (SSSR count). The van der Waals surface area contributed by atoms with Crippen LogP contribution < -0.4 is 0 Å². The zero-order valence-electron chi connectivity index (χ0n) is 38.7. The molecule has 3 heterocycles. The molecule has 0 saturated carbocycles. The molecule has 0 aromatic carbocycles. The van der Waals surface area contributed by atoms with E-state index in [1.54, 1.807) is 47.8 Å². The number of amides is 1. The number of hydrogen-bond acceptors (Lipinski definition) is 13. The van der Waals surface area contributed by atoms with Crippen LogP contribution in [0.3, 0.4) is 0 Å². The van der Waals surface area contributed by atoms with E-state index in [9.17, 15) is 24.3 Å². The maximum absolute atomic E-state index is 13.6. The van der Waals surface area contributed by atoms with Crippen molar-refractivity contribution in [1.82, 2.24) is 4.90 Å². The molecule has 0 aromatic heterocycles. The number of cyclic esters (lactones) is 1. The number of ketones is 1. The normalized spacial score (nSPS) is 32.7. The molecular weight excluding hydrogens is 787 g/mol. The van der Waals surface area contributed by atoms with Crippen molar-refractivity contribution in [3.05, 3.63) is 48.2 Å². The number of carbonyl (C=O) groups excluding carboxylic acids is 4. The van der Waals surface area contributed by atoms with Gasteiger partial charge in [0.15, 0.2) is 0 Å². The first-order valence-electron chi connectivity index (χ1n) is 21.8. The number of nitrogens with zero attached hydrogens (tertiary/aromatic N) is 1. The standard InChI is InChI=1S/C47H75NO13/c1-29-16-19-38(59-35(7)50)24-36-14-13-15-37(60-36)25-41(55-10)47(27-58-47)42(56-11)26-40(54-9)33(5)46(61-43(52)21-17-29)34(6)44(53)30(2)18-20-39(51)32(4)45(57-12)31(3)22-23-48(8)28-49/h13-14,16-17,21-23,28,30-34,36-38,40-42,44-46,53H,15,18-20,24-27H2,1-12H3/b21-17+,23-22+,29-16?/t30-,31+,32-,33-,34-,36-,37-,38-,40+,41-,42-,44-,45+,46-,47-/m0/s1. The van der Waals surface area contributed by atoms with E-state index in [0.29, 0.717) is 51.5 Å². The van der Waals surface area contributed by atoms with Gasteiger partial charge in [-0.05, 0) is 25.7 Å². The molecule has 3 aliphatic rings. The Morgan fingerprint density at radius 1 is 1.02 bits per heavy atom. The molecule has 1 amide bonds. The second kappa shape index (κ2) is 25.2. The summed E-state index contributed by atoms with van der Waals surface area (Å²) in [5.41, 5.74) is 0.000165. The van der Waals surface area contributed by atoms with Crippen molar-refractivity contribution in [3.8, 4) is 0 Å². The third kappa shape index (κ3) is 15.2. The highest BCUT2D eigenvalue weighted by Gasteiger charge is 2.59. The lowest BCUT2D eigenvalue weighted by Crippen LogP contribution is -2.50. The lowest BCUT2D eigenvalue weighted by molar-refractivity contribution is -0.159. The molecule has 0 radical (unpaired) electrons. The molecule has 15 atom stereocenters. The van der Waals surface area contributed by atoms with Gasteiger partial charge in [0.2, 0.25) is 6.41 Å². The largest absolute Gasteiger partial charge is 0.462 e. The van der Waals surface area contributed by atoms with Gasteiger partial charge in [0, 0.05) is 110 Å². The van der Waals surface area contributed by atoms with Crippen LogP contribution in [0.4, 0.5) is 0 Å². The fourth-order valence-corrected chi connectivity index (χ4v) is 8.95. The summed E-state index contributed by atoms with van der Waals surface area (Å²) in [7, 11) is 8.10. The highest BCUT2D eigenvalue weighted by atomic mass is 16.6. The van der Waals surface area contributed by atoms with Gasteiger partial charge in [-0.25, -0.2) is 4.79 Å². The number of epoxide rings is 1. The second-order valence-electron chi connectivity index (χ2n) is 17.4.